The van der Waals surface area contributed by atoms with Gasteiger partial charge in [-0.3, -0.25) is 4.55 Å². The van der Waals surface area contributed by atoms with Crippen LogP contribution in [-0.2, 0) is 15.6 Å². The van der Waals surface area contributed by atoms with E-state index in [0.717, 1.165) is 5.56 Å². The molecule has 0 unspecified atom stereocenters. The first-order valence-electron chi connectivity index (χ1n) is 3.94. The van der Waals surface area contributed by atoms with E-state index in [1.165, 1.54) is 0 Å². The predicted octanol–water partition coefficient (Wildman–Crippen LogP) is 1.35. The lowest BCUT2D eigenvalue weighted by Crippen LogP contribution is -1.98. The van der Waals surface area contributed by atoms with Crippen molar-refractivity contribution in [2.75, 3.05) is 11.5 Å². The molecule has 6 heteroatoms. The van der Waals surface area contributed by atoms with E-state index >= 15 is 0 Å². The van der Waals surface area contributed by atoms with E-state index in [-0.39, 0.29) is 0 Å². The van der Waals surface area contributed by atoms with Gasteiger partial charge in [0, 0.05) is 11.4 Å². The quantitative estimate of drug-likeness (QED) is 0.466. The van der Waals surface area contributed by atoms with Crippen molar-refractivity contribution < 1.29 is 13.0 Å². The molecule has 0 spiro atoms. The molecule has 1 aromatic carbocycles. The van der Waals surface area contributed by atoms with Crippen molar-refractivity contribution in [3.8, 4) is 0 Å². The number of para-hydroxylation sites is 1. The summed E-state index contributed by atoms with van der Waals surface area (Å²) in [6.07, 6.45) is 0.525. The molecule has 0 aliphatic carbocycles. The van der Waals surface area contributed by atoms with Crippen LogP contribution in [0.2, 0.25) is 0 Å². The number of hydrogen-bond donors (Lipinski definition) is 2. The molecule has 0 atom stereocenters. The molecule has 0 aliphatic heterocycles. The molecule has 0 heterocycles. The van der Waals surface area contributed by atoms with Crippen molar-refractivity contribution >= 4 is 25.6 Å². The van der Waals surface area contributed by atoms with Gasteiger partial charge in [0.1, 0.15) is 0 Å². The Balaban J connectivity index is 2.51. The standard InChI is InChI=1S/C8H11NO3S2/c9-8-4-2-1-3-7(8)5-6-13-14(10,11)12/h1-4H,5-6,9H2,(H,10,11,12). The van der Waals surface area contributed by atoms with E-state index in [9.17, 15) is 8.42 Å². The van der Waals surface area contributed by atoms with E-state index in [4.69, 9.17) is 10.3 Å². The van der Waals surface area contributed by atoms with Crippen molar-refractivity contribution in [3.05, 3.63) is 29.8 Å². The van der Waals surface area contributed by atoms with Gasteiger partial charge in [-0.2, -0.15) is 8.42 Å². The summed E-state index contributed by atoms with van der Waals surface area (Å²) >= 11 is 0. The average molecular weight is 233 g/mol. The van der Waals surface area contributed by atoms with Crippen molar-refractivity contribution in [2.45, 2.75) is 6.42 Å². The average Bonchev–Trinajstić information content (AvgIpc) is 2.06. The number of nitrogens with two attached hydrogens (primary N) is 1. The highest BCUT2D eigenvalue weighted by molar-refractivity contribution is 8.69. The summed E-state index contributed by atoms with van der Waals surface area (Å²) in [4.78, 5) is 0. The molecule has 0 saturated heterocycles. The van der Waals surface area contributed by atoms with E-state index < -0.39 is 9.15 Å². The molecule has 14 heavy (non-hydrogen) atoms. The van der Waals surface area contributed by atoms with Crippen LogP contribution in [-0.4, -0.2) is 18.7 Å². The summed E-state index contributed by atoms with van der Waals surface area (Å²) in [6, 6.07) is 7.24. The third-order valence-corrected chi connectivity index (χ3v) is 3.72. The summed E-state index contributed by atoms with van der Waals surface area (Å²) in [6.45, 7) is 0. The summed E-state index contributed by atoms with van der Waals surface area (Å²) in [5, 5.41) is 0. The van der Waals surface area contributed by atoms with Crippen molar-refractivity contribution in [1.82, 2.24) is 0 Å². The zero-order valence-corrected chi connectivity index (χ0v) is 9.01. The van der Waals surface area contributed by atoms with E-state index in [2.05, 4.69) is 0 Å². The van der Waals surface area contributed by atoms with Crippen molar-refractivity contribution in [1.29, 1.82) is 0 Å². The van der Waals surface area contributed by atoms with E-state index in [0.29, 0.717) is 28.7 Å². The van der Waals surface area contributed by atoms with Crippen LogP contribution in [0.4, 0.5) is 5.69 Å². The first-order chi connectivity index (χ1) is 6.49. The van der Waals surface area contributed by atoms with Gasteiger partial charge in [-0.25, -0.2) is 0 Å². The maximum Gasteiger partial charge on any atom is 0.319 e. The minimum absolute atomic E-state index is 0.299. The monoisotopic (exact) mass is 233 g/mol. The van der Waals surface area contributed by atoms with Crippen LogP contribution >= 0.6 is 10.8 Å². The number of benzene rings is 1. The molecular formula is C8H11NO3S2. The lowest BCUT2D eigenvalue weighted by atomic mass is 10.1. The maximum absolute atomic E-state index is 10.4. The van der Waals surface area contributed by atoms with Gasteiger partial charge in [-0.1, -0.05) is 18.2 Å². The van der Waals surface area contributed by atoms with Gasteiger partial charge in [-0.05, 0) is 28.8 Å². The molecule has 4 nitrogen and oxygen atoms in total. The zero-order valence-electron chi connectivity index (χ0n) is 7.38. The summed E-state index contributed by atoms with van der Waals surface area (Å²) in [7, 11) is -3.42. The second kappa shape index (κ2) is 4.68. The van der Waals surface area contributed by atoms with Crippen LogP contribution in [0.15, 0.2) is 24.3 Å². The Bertz CT molecular complexity index is 403. The molecule has 78 valence electrons. The minimum Gasteiger partial charge on any atom is -0.399 e. The second-order valence-electron chi connectivity index (χ2n) is 2.70. The largest absolute Gasteiger partial charge is 0.399 e. The van der Waals surface area contributed by atoms with Crippen LogP contribution in [0, 0.1) is 0 Å². The van der Waals surface area contributed by atoms with Gasteiger partial charge in [0.15, 0.2) is 0 Å². The lowest BCUT2D eigenvalue weighted by Gasteiger charge is -2.03. The Morgan fingerprint density at radius 2 is 2.00 bits per heavy atom. The van der Waals surface area contributed by atoms with Crippen molar-refractivity contribution in [3.63, 3.8) is 0 Å². The van der Waals surface area contributed by atoms with Crippen LogP contribution in [0.5, 0.6) is 0 Å². The van der Waals surface area contributed by atoms with Gasteiger partial charge in [-0.15, -0.1) is 0 Å². The normalized spacial score (nSPS) is 11.5. The molecule has 0 bridgehead atoms. The fourth-order valence-corrected chi connectivity index (χ4v) is 2.41. The third-order valence-electron chi connectivity index (χ3n) is 1.66. The Morgan fingerprint density at radius 1 is 1.36 bits per heavy atom. The van der Waals surface area contributed by atoms with Gasteiger partial charge in [0.05, 0.1) is 0 Å². The molecule has 0 aliphatic rings. The predicted molar refractivity (Wildman–Crippen MR) is 58.6 cm³/mol. The molecule has 1 rings (SSSR count). The molecule has 3 N–H and O–H groups in total. The number of aryl methyl sites for hydroxylation is 1. The third kappa shape index (κ3) is 3.99. The summed E-state index contributed by atoms with van der Waals surface area (Å²) < 4.78 is 29.3. The fraction of sp³-hybridized carbons (Fsp3) is 0.250. The van der Waals surface area contributed by atoms with Gasteiger partial charge >= 0.3 is 9.15 Å². The Kier molecular flexibility index (Phi) is 3.79. The molecule has 0 fully saturated rings. The number of hydrogen-bond acceptors (Lipinski definition) is 4. The zero-order chi connectivity index (χ0) is 10.6. The Hall–Kier alpha value is -0.720. The van der Waals surface area contributed by atoms with Crippen LogP contribution in [0.3, 0.4) is 0 Å². The first-order valence-corrected chi connectivity index (χ1v) is 6.88. The molecule has 0 saturated carbocycles. The lowest BCUT2D eigenvalue weighted by molar-refractivity contribution is 0.503. The van der Waals surface area contributed by atoms with Gasteiger partial charge < -0.3 is 5.73 Å². The fourth-order valence-electron chi connectivity index (χ4n) is 1.02. The van der Waals surface area contributed by atoms with Crippen LogP contribution in [0.25, 0.3) is 0 Å². The SMILES string of the molecule is Nc1ccccc1CCSS(=O)(=O)O. The highest BCUT2D eigenvalue weighted by Gasteiger charge is 2.05. The molecule has 0 radical (unpaired) electrons. The molecule has 0 aromatic heterocycles. The first kappa shape index (κ1) is 11.4. The van der Waals surface area contributed by atoms with Gasteiger partial charge in [0.25, 0.3) is 0 Å². The van der Waals surface area contributed by atoms with Crippen molar-refractivity contribution in [2.24, 2.45) is 0 Å². The topological polar surface area (TPSA) is 80.4 Å². The van der Waals surface area contributed by atoms with E-state index in [1.54, 1.807) is 6.07 Å². The summed E-state index contributed by atoms with van der Waals surface area (Å²) in [5.41, 5.74) is 7.18. The van der Waals surface area contributed by atoms with Crippen LogP contribution in [0.1, 0.15) is 5.56 Å². The smallest absolute Gasteiger partial charge is 0.319 e. The maximum atomic E-state index is 10.4. The summed E-state index contributed by atoms with van der Waals surface area (Å²) in [5.74, 6) is 0.299. The Morgan fingerprint density at radius 3 is 2.57 bits per heavy atom. The highest BCUT2D eigenvalue weighted by Crippen LogP contribution is 2.16. The molecule has 1 aromatic rings. The minimum atomic E-state index is -3.93. The number of nitrogen functional groups attached to an aromatic ring is 1. The van der Waals surface area contributed by atoms with E-state index in [1.807, 2.05) is 18.2 Å². The molecule has 0 amide bonds. The number of anilines is 1. The highest BCUT2D eigenvalue weighted by atomic mass is 33.1. The number of rotatable bonds is 4. The Labute approximate surface area is 86.7 Å². The molecular weight excluding hydrogens is 222 g/mol. The van der Waals surface area contributed by atoms with Gasteiger partial charge in [0.2, 0.25) is 0 Å². The van der Waals surface area contributed by atoms with Crippen LogP contribution < -0.4 is 5.73 Å². The second-order valence-corrected chi connectivity index (χ2v) is 6.17.